The van der Waals surface area contributed by atoms with Crippen LogP contribution in [0.3, 0.4) is 0 Å². The van der Waals surface area contributed by atoms with E-state index in [0.717, 1.165) is 19.4 Å². The molecule has 0 aliphatic heterocycles. The van der Waals surface area contributed by atoms with Gasteiger partial charge in [-0.25, -0.2) is 4.98 Å². The Morgan fingerprint density at radius 2 is 1.92 bits per heavy atom. The van der Waals surface area contributed by atoms with Crippen LogP contribution in [0.5, 0.6) is 11.6 Å². The number of pyridine rings is 1. The number of carbonyl (C=O) groups is 1. The topological polar surface area (TPSA) is 42.4 Å². The third-order valence-corrected chi connectivity index (χ3v) is 4.84. The molecule has 2 aromatic heterocycles. The van der Waals surface area contributed by atoms with Gasteiger partial charge in [0.25, 0.3) is 0 Å². The molecule has 3 rings (SSSR count). The molecule has 0 saturated carbocycles. The van der Waals surface area contributed by atoms with Crippen LogP contribution in [0.25, 0.3) is 0 Å². The minimum Gasteiger partial charge on any atom is -0.438 e. The van der Waals surface area contributed by atoms with Crippen molar-refractivity contribution >= 4 is 17.1 Å². The molecule has 0 amide bonds. The molecule has 0 aliphatic carbocycles. The summed E-state index contributed by atoms with van der Waals surface area (Å²) in [7, 11) is 4.16. The first-order valence-corrected chi connectivity index (χ1v) is 9.46. The number of aromatic nitrogens is 1. The number of hydrogen-bond donors (Lipinski definition) is 0. The average Bonchev–Trinajstić information content (AvgIpc) is 3.17. The summed E-state index contributed by atoms with van der Waals surface area (Å²) in [5.41, 5.74) is 1.75. The number of thiophene rings is 1. The van der Waals surface area contributed by atoms with Crippen molar-refractivity contribution < 1.29 is 9.53 Å². The van der Waals surface area contributed by atoms with Gasteiger partial charge in [0.2, 0.25) is 11.7 Å². The van der Waals surface area contributed by atoms with Gasteiger partial charge in [-0.1, -0.05) is 18.2 Å². The maximum atomic E-state index is 12.6. The molecule has 2 heterocycles. The predicted octanol–water partition coefficient (Wildman–Crippen LogP) is 4.66. The van der Waals surface area contributed by atoms with Crippen molar-refractivity contribution in [3.8, 4) is 11.6 Å². The highest BCUT2D eigenvalue weighted by atomic mass is 32.1. The number of benzene rings is 1. The van der Waals surface area contributed by atoms with Crippen LogP contribution in [0, 0.1) is 0 Å². The quantitative estimate of drug-likeness (QED) is 0.544. The van der Waals surface area contributed by atoms with E-state index in [-0.39, 0.29) is 5.78 Å². The van der Waals surface area contributed by atoms with Crippen molar-refractivity contribution in [3.63, 3.8) is 0 Å². The van der Waals surface area contributed by atoms with Crippen molar-refractivity contribution in [1.29, 1.82) is 0 Å². The van der Waals surface area contributed by atoms with E-state index in [1.54, 1.807) is 18.3 Å². The zero-order chi connectivity index (χ0) is 18.4. The van der Waals surface area contributed by atoms with Gasteiger partial charge in [-0.15, -0.1) is 11.3 Å². The van der Waals surface area contributed by atoms with Gasteiger partial charge in [-0.3, -0.25) is 4.79 Å². The fourth-order valence-electron chi connectivity index (χ4n) is 2.62. The fourth-order valence-corrected chi connectivity index (χ4v) is 3.30. The Kier molecular flexibility index (Phi) is 6.15. The summed E-state index contributed by atoms with van der Waals surface area (Å²) in [5, 5.41) is 1.89. The Morgan fingerprint density at radius 1 is 1.12 bits per heavy atom. The third kappa shape index (κ3) is 4.77. The molecule has 1 aromatic carbocycles. The molecule has 0 fully saturated rings. The molecule has 3 aromatic rings. The molecule has 0 spiro atoms. The zero-order valence-electron chi connectivity index (χ0n) is 15.0. The number of carbonyl (C=O) groups excluding carboxylic acids is 1. The van der Waals surface area contributed by atoms with Gasteiger partial charge in [0.05, 0.1) is 10.4 Å². The highest BCUT2D eigenvalue weighted by Gasteiger charge is 2.17. The van der Waals surface area contributed by atoms with Gasteiger partial charge < -0.3 is 9.64 Å². The lowest BCUT2D eigenvalue weighted by Gasteiger charge is -2.10. The number of ether oxygens (including phenoxy) is 1. The van der Waals surface area contributed by atoms with E-state index in [0.29, 0.717) is 22.1 Å². The van der Waals surface area contributed by atoms with Gasteiger partial charge in [0.15, 0.2) is 0 Å². The van der Waals surface area contributed by atoms with E-state index < -0.39 is 0 Å². The summed E-state index contributed by atoms with van der Waals surface area (Å²) < 4.78 is 5.89. The summed E-state index contributed by atoms with van der Waals surface area (Å²) in [4.78, 5) is 19.7. The molecule has 0 unspecified atom stereocenters. The van der Waals surface area contributed by atoms with E-state index >= 15 is 0 Å². The Labute approximate surface area is 158 Å². The number of nitrogens with zero attached hydrogens (tertiary/aromatic N) is 2. The van der Waals surface area contributed by atoms with Crippen LogP contribution in [0.1, 0.15) is 27.2 Å². The van der Waals surface area contributed by atoms with Gasteiger partial charge in [-0.2, -0.15) is 0 Å². The molecule has 0 saturated heterocycles. The van der Waals surface area contributed by atoms with Crippen molar-refractivity contribution in [2.24, 2.45) is 0 Å². The summed E-state index contributed by atoms with van der Waals surface area (Å²) in [6.07, 6.45) is 3.78. The number of rotatable bonds is 8. The smallest absolute Gasteiger partial charge is 0.230 e. The maximum Gasteiger partial charge on any atom is 0.230 e. The van der Waals surface area contributed by atoms with Crippen molar-refractivity contribution in [2.75, 3.05) is 20.6 Å². The van der Waals surface area contributed by atoms with Gasteiger partial charge in [-0.05, 0) is 74.8 Å². The first-order valence-electron chi connectivity index (χ1n) is 8.58. The summed E-state index contributed by atoms with van der Waals surface area (Å²) in [6, 6.07) is 15.2. The van der Waals surface area contributed by atoms with E-state index in [4.69, 9.17) is 4.74 Å². The second kappa shape index (κ2) is 8.74. The summed E-state index contributed by atoms with van der Waals surface area (Å²) >= 11 is 1.42. The maximum absolute atomic E-state index is 12.6. The SMILES string of the molecule is CN(C)CCCc1ccc(Oc2ncccc2C(=O)c2cccs2)cc1. The monoisotopic (exact) mass is 366 g/mol. The minimum absolute atomic E-state index is 0.0663. The van der Waals surface area contributed by atoms with Crippen molar-refractivity contribution in [2.45, 2.75) is 12.8 Å². The highest BCUT2D eigenvalue weighted by Crippen LogP contribution is 2.26. The highest BCUT2D eigenvalue weighted by molar-refractivity contribution is 7.12. The Bertz CT molecular complexity index is 843. The van der Waals surface area contributed by atoms with Crippen LogP contribution in [0.15, 0.2) is 60.1 Å². The molecule has 134 valence electrons. The number of aryl methyl sites for hydroxylation is 1. The molecular formula is C21H22N2O2S. The fraction of sp³-hybridized carbons (Fsp3) is 0.238. The molecule has 0 atom stereocenters. The standard InChI is InChI=1S/C21H22N2O2S/c1-23(2)14-4-6-16-9-11-17(12-10-16)25-21-18(7-3-13-22-21)20(24)19-8-5-15-26-19/h3,5,7-13,15H,4,6,14H2,1-2H3. The molecule has 0 aliphatic rings. The number of hydrogen-bond acceptors (Lipinski definition) is 5. The van der Waals surface area contributed by atoms with Crippen LogP contribution < -0.4 is 4.74 Å². The lowest BCUT2D eigenvalue weighted by Crippen LogP contribution is -2.13. The van der Waals surface area contributed by atoms with Crippen LogP contribution in [-0.2, 0) is 6.42 Å². The van der Waals surface area contributed by atoms with Crippen LogP contribution in [-0.4, -0.2) is 36.3 Å². The Balaban J connectivity index is 1.70. The molecule has 0 bridgehead atoms. The Morgan fingerprint density at radius 3 is 2.62 bits per heavy atom. The first-order chi connectivity index (χ1) is 12.6. The van der Waals surface area contributed by atoms with Crippen molar-refractivity contribution in [3.05, 3.63) is 76.1 Å². The van der Waals surface area contributed by atoms with Crippen LogP contribution >= 0.6 is 11.3 Å². The third-order valence-electron chi connectivity index (χ3n) is 3.97. The molecule has 26 heavy (non-hydrogen) atoms. The van der Waals surface area contributed by atoms with Gasteiger partial charge >= 0.3 is 0 Å². The van der Waals surface area contributed by atoms with E-state index in [1.807, 2.05) is 29.6 Å². The molecule has 0 N–H and O–H groups in total. The Hall–Kier alpha value is -2.50. The lowest BCUT2D eigenvalue weighted by atomic mass is 10.1. The van der Waals surface area contributed by atoms with Gasteiger partial charge in [0.1, 0.15) is 5.75 Å². The minimum atomic E-state index is -0.0663. The normalized spacial score (nSPS) is 10.9. The first kappa shape index (κ1) is 18.3. The van der Waals surface area contributed by atoms with Crippen molar-refractivity contribution in [1.82, 2.24) is 9.88 Å². The molecule has 5 heteroatoms. The van der Waals surface area contributed by atoms with E-state index in [9.17, 15) is 4.79 Å². The van der Waals surface area contributed by atoms with E-state index in [1.165, 1.54) is 16.9 Å². The van der Waals surface area contributed by atoms with Crippen LogP contribution in [0.2, 0.25) is 0 Å². The largest absolute Gasteiger partial charge is 0.438 e. The average molecular weight is 366 g/mol. The molecule has 4 nitrogen and oxygen atoms in total. The summed E-state index contributed by atoms with van der Waals surface area (Å²) in [6.45, 7) is 1.07. The second-order valence-corrected chi connectivity index (χ2v) is 7.26. The zero-order valence-corrected chi connectivity index (χ0v) is 15.8. The summed E-state index contributed by atoms with van der Waals surface area (Å²) in [5.74, 6) is 0.954. The predicted molar refractivity (Wildman–Crippen MR) is 105 cm³/mol. The van der Waals surface area contributed by atoms with Crippen LogP contribution in [0.4, 0.5) is 0 Å². The van der Waals surface area contributed by atoms with Gasteiger partial charge in [0, 0.05) is 6.20 Å². The second-order valence-electron chi connectivity index (χ2n) is 6.32. The number of ketones is 1. The molecule has 0 radical (unpaired) electrons. The lowest BCUT2D eigenvalue weighted by molar-refractivity contribution is 0.103. The molecular weight excluding hydrogens is 344 g/mol. The van der Waals surface area contributed by atoms with E-state index in [2.05, 4.69) is 36.1 Å².